The molecule has 1 aliphatic rings. The number of aliphatic hydroxyl groups is 1. The van der Waals surface area contributed by atoms with Crippen LogP contribution in [0.15, 0.2) is 0 Å². The van der Waals surface area contributed by atoms with Gasteiger partial charge in [-0.1, -0.05) is 27.7 Å². The molecule has 1 fully saturated rings. The molecule has 0 aromatic heterocycles. The van der Waals surface area contributed by atoms with Gasteiger partial charge in [0, 0.05) is 19.1 Å². The molecule has 2 N–H and O–H groups in total. The van der Waals surface area contributed by atoms with Gasteiger partial charge < -0.3 is 15.3 Å². The highest BCUT2D eigenvalue weighted by atomic mass is 16.3. The Morgan fingerprint density at radius 3 is 2.32 bits per heavy atom. The van der Waals surface area contributed by atoms with Gasteiger partial charge in [0.1, 0.15) is 0 Å². The molecule has 1 heterocycles. The van der Waals surface area contributed by atoms with E-state index >= 15 is 0 Å². The molecule has 1 atom stereocenters. The Bertz CT molecular complexity index is 248. The largest absolute Gasteiger partial charge is 0.390 e. The summed E-state index contributed by atoms with van der Waals surface area (Å²) >= 11 is 0. The van der Waals surface area contributed by atoms with Crippen LogP contribution in [0.25, 0.3) is 0 Å². The van der Waals surface area contributed by atoms with E-state index in [1.165, 1.54) is 12.8 Å². The summed E-state index contributed by atoms with van der Waals surface area (Å²) in [5.41, 5.74) is -0.114. The van der Waals surface area contributed by atoms with E-state index in [0.717, 1.165) is 39.0 Å². The zero-order valence-electron chi connectivity index (χ0n) is 13.6. The first-order valence-electron chi connectivity index (χ1n) is 7.93. The average Bonchev–Trinajstić information content (AvgIpc) is 2.29. The van der Waals surface area contributed by atoms with Crippen molar-refractivity contribution in [3.63, 3.8) is 0 Å². The lowest BCUT2D eigenvalue weighted by Gasteiger charge is -2.38. The number of hydrogen-bond acceptors (Lipinski definition) is 3. The fraction of sp³-hybridized carbons (Fsp3) is 1.00. The first-order valence-corrected chi connectivity index (χ1v) is 7.93. The van der Waals surface area contributed by atoms with Crippen molar-refractivity contribution in [2.75, 3.05) is 26.2 Å². The first kappa shape index (κ1) is 16.9. The van der Waals surface area contributed by atoms with Crippen molar-refractivity contribution in [2.45, 2.75) is 71.9 Å². The predicted molar refractivity (Wildman–Crippen MR) is 82.5 cm³/mol. The topological polar surface area (TPSA) is 35.5 Å². The fourth-order valence-corrected chi connectivity index (χ4v) is 2.73. The summed E-state index contributed by atoms with van der Waals surface area (Å²) in [5, 5.41) is 13.7. The van der Waals surface area contributed by atoms with Crippen molar-refractivity contribution in [3.05, 3.63) is 0 Å². The van der Waals surface area contributed by atoms with Crippen molar-refractivity contribution >= 4 is 0 Å². The zero-order chi connectivity index (χ0) is 14.5. The van der Waals surface area contributed by atoms with Gasteiger partial charge in [0.15, 0.2) is 0 Å². The third-order valence-corrected chi connectivity index (χ3v) is 4.35. The number of likely N-dealkylation sites (tertiary alicyclic amines) is 1. The van der Waals surface area contributed by atoms with Gasteiger partial charge >= 0.3 is 0 Å². The van der Waals surface area contributed by atoms with Crippen LogP contribution in [0.3, 0.4) is 0 Å². The Hall–Kier alpha value is -0.120. The van der Waals surface area contributed by atoms with Gasteiger partial charge in [0.05, 0.1) is 5.60 Å². The summed E-state index contributed by atoms with van der Waals surface area (Å²) in [5.74, 6) is 0. The molecule has 1 saturated heterocycles. The van der Waals surface area contributed by atoms with Gasteiger partial charge in [-0.3, -0.25) is 0 Å². The highest BCUT2D eigenvalue weighted by Gasteiger charge is 2.29. The van der Waals surface area contributed by atoms with Crippen LogP contribution in [-0.2, 0) is 0 Å². The van der Waals surface area contributed by atoms with Crippen molar-refractivity contribution in [1.29, 1.82) is 0 Å². The molecule has 1 rings (SSSR count). The van der Waals surface area contributed by atoms with E-state index in [9.17, 15) is 5.11 Å². The molecule has 0 aromatic carbocycles. The van der Waals surface area contributed by atoms with E-state index in [4.69, 9.17) is 0 Å². The van der Waals surface area contributed by atoms with E-state index in [-0.39, 0.29) is 0 Å². The highest BCUT2D eigenvalue weighted by Crippen LogP contribution is 2.24. The van der Waals surface area contributed by atoms with E-state index in [0.29, 0.717) is 11.5 Å². The third-order valence-electron chi connectivity index (χ3n) is 4.35. The van der Waals surface area contributed by atoms with Crippen LogP contribution in [-0.4, -0.2) is 47.8 Å². The van der Waals surface area contributed by atoms with Crippen molar-refractivity contribution in [2.24, 2.45) is 5.41 Å². The lowest BCUT2D eigenvalue weighted by molar-refractivity contribution is -0.00677. The third kappa shape index (κ3) is 6.24. The average molecular weight is 270 g/mol. The number of nitrogens with zero attached hydrogens (tertiary/aromatic N) is 1. The molecule has 3 nitrogen and oxygen atoms in total. The summed E-state index contributed by atoms with van der Waals surface area (Å²) in [6.45, 7) is 15.5. The smallest absolute Gasteiger partial charge is 0.0644 e. The maximum absolute atomic E-state index is 9.98. The molecule has 0 radical (unpaired) electrons. The van der Waals surface area contributed by atoms with Gasteiger partial charge in [0.2, 0.25) is 0 Å². The monoisotopic (exact) mass is 270 g/mol. The Kier molecular flexibility index (Phi) is 6.28. The molecule has 19 heavy (non-hydrogen) atoms. The SMILES string of the molecule is CCCNC(CCN1CCC(C)(O)CC1)C(C)(C)C. The molecule has 3 heteroatoms. The second-order valence-corrected chi connectivity index (χ2v) is 7.50. The van der Waals surface area contributed by atoms with Gasteiger partial charge in [0.25, 0.3) is 0 Å². The molecule has 0 bridgehead atoms. The Labute approximate surface area is 119 Å². The fourth-order valence-electron chi connectivity index (χ4n) is 2.73. The second-order valence-electron chi connectivity index (χ2n) is 7.50. The van der Waals surface area contributed by atoms with E-state index in [1.807, 2.05) is 6.92 Å². The van der Waals surface area contributed by atoms with E-state index in [2.05, 4.69) is 37.9 Å². The van der Waals surface area contributed by atoms with E-state index < -0.39 is 5.60 Å². The summed E-state index contributed by atoms with van der Waals surface area (Å²) in [4.78, 5) is 2.50. The van der Waals surface area contributed by atoms with Crippen LogP contribution in [0.5, 0.6) is 0 Å². The summed E-state index contributed by atoms with van der Waals surface area (Å²) in [7, 11) is 0. The summed E-state index contributed by atoms with van der Waals surface area (Å²) in [6, 6.07) is 0.579. The second kappa shape index (κ2) is 7.05. The molecule has 0 saturated carbocycles. The van der Waals surface area contributed by atoms with Gasteiger partial charge in [-0.2, -0.15) is 0 Å². The first-order chi connectivity index (χ1) is 8.74. The Balaban J connectivity index is 2.36. The van der Waals surface area contributed by atoms with Gasteiger partial charge in [-0.25, -0.2) is 0 Å². The Morgan fingerprint density at radius 1 is 1.26 bits per heavy atom. The molecular weight excluding hydrogens is 236 g/mol. The number of rotatable bonds is 6. The number of nitrogens with one attached hydrogen (secondary N) is 1. The van der Waals surface area contributed by atoms with Crippen LogP contribution in [0.2, 0.25) is 0 Å². The predicted octanol–water partition coefficient (Wildman–Crippen LogP) is 2.64. The van der Waals surface area contributed by atoms with Crippen LogP contribution in [0.1, 0.15) is 60.3 Å². The van der Waals surface area contributed by atoms with Crippen LogP contribution in [0, 0.1) is 5.41 Å². The van der Waals surface area contributed by atoms with Crippen molar-refractivity contribution in [1.82, 2.24) is 10.2 Å². The van der Waals surface area contributed by atoms with E-state index in [1.54, 1.807) is 0 Å². The minimum Gasteiger partial charge on any atom is -0.390 e. The summed E-state index contributed by atoms with van der Waals surface area (Å²) in [6.07, 6.45) is 4.22. The Morgan fingerprint density at radius 2 is 1.84 bits per heavy atom. The molecule has 114 valence electrons. The molecule has 0 aliphatic carbocycles. The maximum Gasteiger partial charge on any atom is 0.0644 e. The highest BCUT2D eigenvalue weighted by molar-refractivity contribution is 4.85. The van der Waals surface area contributed by atoms with Gasteiger partial charge in [-0.05, 0) is 51.1 Å². The minimum absolute atomic E-state index is 0.316. The lowest BCUT2D eigenvalue weighted by Crippen LogP contribution is -2.46. The molecule has 0 spiro atoms. The zero-order valence-corrected chi connectivity index (χ0v) is 13.6. The van der Waals surface area contributed by atoms with Crippen LogP contribution in [0.4, 0.5) is 0 Å². The number of piperidine rings is 1. The normalized spacial score (nSPS) is 22.4. The van der Waals surface area contributed by atoms with Crippen LogP contribution >= 0.6 is 0 Å². The van der Waals surface area contributed by atoms with Crippen molar-refractivity contribution in [3.8, 4) is 0 Å². The van der Waals surface area contributed by atoms with Crippen molar-refractivity contribution < 1.29 is 5.11 Å². The lowest BCUT2D eigenvalue weighted by atomic mass is 9.84. The van der Waals surface area contributed by atoms with Gasteiger partial charge in [-0.15, -0.1) is 0 Å². The molecule has 1 unspecified atom stereocenters. The quantitative estimate of drug-likeness (QED) is 0.779. The number of hydrogen-bond donors (Lipinski definition) is 2. The molecule has 1 aliphatic heterocycles. The molecular formula is C16H34N2O. The molecule has 0 amide bonds. The van der Waals surface area contributed by atoms with Crippen LogP contribution < -0.4 is 5.32 Å². The maximum atomic E-state index is 9.98. The molecule has 0 aromatic rings. The summed E-state index contributed by atoms with van der Waals surface area (Å²) < 4.78 is 0. The minimum atomic E-state index is -0.430. The standard InChI is InChI=1S/C16H34N2O/c1-6-10-17-14(15(2,3)4)7-11-18-12-8-16(5,19)9-13-18/h14,17,19H,6-13H2,1-5H3.